The molecule has 2 heterocycles. The fourth-order valence-corrected chi connectivity index (χ4v) is 3.74. The number of ether oxygens (including phenoxy) is 1. The van der Waals surface area contributed by atoms with Crippen LogP contribution in [-0.2, 0) is 20.9 Å². The Kier molecular flexibility index (Phi) is 4.47. The van der Waals surface area contributed by atoms with Gasteiger partial charge in [-0.15, -0.1) is 0 Å². The summed E-state index contributed by atoms with van der Waals surface area (Å²) in [6.45, 7) is 0.499. The number of fused-ring (bicyclic) bond motifs is 1. The molecule has 0 unspecified atom stereocenters. The SMILES string of the molecule is COC(=O)c1ccc([C@@H]2NN(Cc3ccccc3)[C@@H]3C(=O)NC(=O)[C@@H]32)cc1. The fourth-order valence-electron chi connectivity index (χ4n) is 3.74. The highest BCUT2D eigenvalue weighted by Gasteiger charge is 2.54. The van der Waals surface area contributed by atoms with Gasteiger partial charge < -0.3 is 4.74 Å². The lowest BCUT2D eigenvalue weighted by Crippen LogP contribution is -2.43. The maximum absolute atomic E-state index is 12.4. The van der Waals surface area contributed by atoms with E-state index in [1.54, 1.807) is 24.3 Å². The molecule has 0 bridgehead atoms. The molecular formula is C20H19N3O4. The summed E-state index contributed by atoms with van der Waals surface area (Å²) in [7, 11) is 1.33. The number of amides is 2. The molecule has 0 aromatic heterocycles. The molecule has 2 aliphatic rings. The minimum atomic E-state index is -0.567. The Balaban J connectivity index is 1.62. The Morgan fingerprint density at radius 1 is 1.04 bits per heavy atom. The first-order valence-electron chi connectivity index (χ1n) is 8.68. The fraction of sp³-hybridized carbons (Fsp3) is 0.250. The van der Waals surface area contributed by atoms with Gasteiger partial charge in [-0.3, -0.25) is 14.9 Å². The van der Waals surface area contributed by atoms with E-state index in [4.69, 9.17) is 4.74 Å². The standard InChI is InChI=1S/C20H19N3O4/c1-27-20(26)14-9-7-13(8-10-14)16-15-17(19(25)21-18(15)24)23(22-16)11-12-5-3-2-4-6-12/h2-10,15-17,22H,11H2,1H3,(H,21,24,25)/t15-,16+,17+/m1/s1. The third-order valence-electron chi connectivity index (χ3n) is 5.04. The highest BCUT2D eigenvalue weighted by Crippen LogP contribution is 2.37. The van der Waals surface area contributed by atoms with Crippen LogP contribution in [-0.4, -0.2) is 35.9 Å². The third-order valence-corrected chi connectivity index (χ3v) is 5.04. The van der Waals surface area contributed by atoms with E-state index in [9.17, 15) is 14.4 Å². The summed E-state index contributed by atoms with van der Waals surface area (Å²) >= 11 is 0. The van der Waals surface area contributed by atoms with Gasteiger partial charge in [0.2, 0.25) is 11.8 Å². The first-order chi connectivity index (χ1) is 13.1. The highest BCUT2D eigenvalue weighted by atomic mass is 16.5. The number of nitrogens with zero attached hydrogens (tertiary/aromatic N) is 1. The van der Waals surface area contributed by atoms with E-state index in [2.05, 4.69) is 10.7 Å². The van der Waals surface area contributed by atoms with Crippen LogP contribution in [0.25, 0.3) is 0 Å². The van der Waals surface area contributed by atoms with Gasteiger partial charge in [0.25, 0.3) is 0 Å². The van der Waals surface area contributed by atoms with Gasteiger partial charge in [0.05, 0.1) is 24.6 Å². The van der Waals surface area contributed by atoms with Crippen molar-refractivity contribution in [2.24, 2.45) is 5.92 Å². The number of carbonyl (C=O) groups excluding carboxylic acids is 3. The number of hydrazine groups is 1. The summed E-state index contributed by atoms with van der Waals surface area (Å²) in [5.41, 5.74) is 5.62. The molecule has 0 aliphatic carbocycles. The number of carbonyl (C=O) groups is 3. The number of rotatable bonds is 4. The lowest BCUT2D eigenvalue weighted by Gasteiger charge is -2.22. The number of nitrogens with one attached hydrogen (secondary N) is 2. The maximum atomic E-state index is 12.4. The highest BCUT2D eigenvalue weighted by molar-refractivity contribution is 6.07. The summed E-state index contributed by atoms with van der Waals surface area (Å²) in [4.78, 5) is 36.4. The maximum Gasteiger partial charge on any atom is 0.337 e. The Hall–Kier alpha value is -3.03. The van der Waals surface area contributed by atoms with E-state index < -0.39 is 17.9 Å². The number of methoxy groups -OCH3 is 1. The number of esters is 1. The molecule has 7 heteroatoms. The van der Waals surface area contributed by atoms with Gasteiger partial charge in [0, 0.05) is 6.54 Å². The minimum Gasteiger partial charge on any atom is -0.465 e. The third kappa shape index (κ3) is 3.11. The monoisotopic (exact) mass is 365 g/mol. The van der Waals surface area contributed by atoms with Gasteiger partial charge in [-0.05, 0) is 23.3 Å². The summed E-state index contributed by atoms with van der Waals surface area (Å²) < 4.78 is 4.71. The van der Waals surface area contributed by atoms with E-state index in [1.165, 1.54) is 7.11 Å². The number of imide groups is 1. The van der Waals surface area contributed by atoms with E-state index in [1.807, 2.05) is 35.3 Å². The van der Waals surface area contributed by atoms with Crippen LogP contribution in [0, 0.1) is 5.92 Å². The van der Waals surface area contributed by atoms with Gasteiger partial charge in [-0.25, -0.2) is 15.2 Å². The molecule has 0 spiro atoms. The van der Waals surface area contributed by atoms with Crippen molar-refractivity contribution < 1.29 is 19.1 Å². The molecule has 3 atom stereocenters. The molecular weight excluding hydrogens is 346 g/mol. The zero-order valence-electron chi connectivity index (χ0n) is 14.7. The van der Waals surface area contributed by atoms with Crippen LogP contribution in [0.15, 0.2) is 54.6 Å². The lowest BCUT2D eigenvalue weighted by atomic mass is 9.90. The van der Waals surface area contributed by atoms with E-state index in [0.717, 1.165) is 11.1 Å². The minimum absolute atomic E-state index is 0.282. The molecule has 27 heavy (non-hydrogen) atoms. The van der Waals surface area contributed by atoms with Crippen LogP contribution >= 0.6 is 0 Å². The van der Waals surface area contributed by atoms with Gasteiger partial charge >= 0.3 is 5.97 Å². The molecule has 7 nitrogen and oxygen atoms in total. The van der Waals surface area contributed by atoms with Crippen molar-refractivity contribution in [1.82, 2.24) is 15.8 Å². The summed E-state index contributed by atoms with van der Waals surface area (Å²) in [5.74, 6) is -1.51. The second-order valence-electron chi connectivity index (χ2n) is 6.66. The largest absolute Gasteiger partial charge is 0.465 e. The van der Waals surface area contributed by atoms with Crippen molar-refractivity contribution in [3.8, 4) is 0 Å². The lowest BCUT2D eigenvalue weighted by molar-refractivity contribution is -0.127. The molecule has 0 saturated carbocycles. The molecule has 2 fully saturated rings. The average Bonchev–Trinajstić information content (AvgIpc) is 3.21. The Morgan fingerprint density at radius 3 is 2.41 bits per heavy atom. The van der Waals surface area contributed by atoms with Gasteiger partial charge in [0.1, 0.15) is 6.04 Å². The molecule has 2 N–H and O–H groups in total. The number of benzene rings is 2. The predicted molar refractivity (Wildman–Crippen MR) is 96.1 cm³/mol. The Bertz CT molecular complexity index is 882. The van der Waals surface area contributed by atoms with Crippen molar-refractivity contribution in [1.29, 1.82) is 0 Å². The topological polar surface area (TPSA) is 87.7 Å². The molecule has 2 amide bonds. The number of hydrogen-bond donors (Lipinski definition) is 2. The Morgan fingerprint density at radius 2 is 1.74 bits per heavy atom. The Labute approximate surface area is 156 Å². The van der Waals surface area contributed by atoms with Crippen LogP contribution < -0.4 is 10.7 Å². The second kappa shape index (κ2) is 6.94. The zero-order chi connectivity index (χ0) is 19.0. The smallest absolute Gasteiger partial charge is 0.337 e. The van der Waals surface area contributed by atoms with Crippen LogP contribution in [0.1, 0.15) is 27.5 Å². The van der Waals surface area contributed by atoms with Gasteiger partial charge in [-0.2, -0.15) is 0 Å². The van der Waals surface area contributed by atoms with Crippen molar-refractivity contribution in [2.75, 3.05) is 7.11 Å². The molecule has 2 aliphatic heterocycles. The molecule has 0 radical (unpaired) electrons. The molecule has 2 aromatic rings. The molecule has 138 valence electrons. The number of hydrogen-bond acceptors (Lipinski definition) is 6. The normalized spacial score (nSPS) is 24.6. The van der Waals surface area contributed by atoms with E-state index in [0.29, 0.717) is 12.1 Å². The first-order valence-corrected chi connectivity index (χ1v) is 8.68. The van der Waals surface area contributed by atoms with Crippen molar-refractivity contribution in [3.63, 3.8) is 0 Å². The second-order valence-corrected chi connectivity index (χ2v) is 6.66. The van der Waals surface area contributed by atoms with Crippen LogP contribution in [0.3, 0.4) is 0 Å². The zero-order valence-corrected chi connectivity index (χ0v) is 14.7. The van der Waals surface area contributed by atoms with Gasteiger partial charge in [0.15, 0.2) is 0 Å². The van der Waals surface area contributed by atoms with Crippen LogP contribution in [0.5, 0.6) is 0 Å². The van der Waals surface area contributed by atoms with E-state index in [-0.39, 0.29) is 17.9 Å². The van der Waals surface area contributed by atoms with Crippen LogP contribution in [0.4, 0.5) is 0 Å². The van der Waals surface area contributed by atoms with Crippen LogP contribution in [0.2, 0.25) is 0 Å². The van der Waals surface area contributed by atoms with Crippen molar-refractivity contribution >= 4 is 17.8 Å². The summed E-state index contributed by atoms with van der Waals surface area (Å²) in [6.07, 6.45) is 0. The summed E-state index contributed by atoms with van der Waals surface area (Å²) in [6, 6.07) is 15.7. The first kappa shape index (κ1) is 17.4. The predicted octanol–water partition coefficient (Wildman–Crippen LogP) is 1.18. The molecule has 2 aromatic carbocycles. The van der Waals surface area contributed by atoms with Gasteiger partial charge in [-0.1, -0.05) is 42.5 Å². The average molecular weight is 365 g/mol. The van der Waals surface area contributed by atoms with E-state index >= 15 is 0 Å². The molecule has 2 saturated heterocycles. The quantitative estimate of drug-likeness (QED) is 0.625. The van der Waals surface area contributed by atoms with Crippen molar-refractivity contribution in [2.45, 2.75) is 18.6 Å². The summed E-state index contributed by atoms with van der Waals surface area (Å²) in [5, 5.41) is 4.26. The van der Waals surface area contributed by atoms with Crippen molar-refractivity contribution in [3.05, 3.63) is 71.3 Å². The molecule has 4 rings (SSSR count).